The fraction of sp³-hybridized carbons (Fsp3) is 0.636. The summed E-state index contributed by atoms with van der Waals surface area (Å²) < 4.78 is 12.1. The SMILES string of the molecule is CC(=O)CCC(=O)OC1[C@H](C)[C@H](Sc2ccc(C)cc2)OC[C@@H]1C(C)(C)C. The van der Waals surface area contributed by atoms with Crippen LogP contribution < -0.4 is 0 Å². The quantitative estimate of drug-likeness (QED) is 0.636. The van der Waals surface area contributed by atoms with E-state index in [4.69, 9.17) is 9.47 Å². The molecule has 0 aliphatic carbocycles. The standard InChI is InChI=1S/C22H32O4S/c1-14-7-10-17(11-8-14)27-21-16(3)20(18(13-25-21)22(4,5)6)26-19(24)12-9-15(2)23/h7-8,10-11,16,18,20-21H,9,12-13H2,1-6H3/t16-,18-,20?,21-/m0/s1. The molecule has 0 radical (unpaired) electrons. The number of carbonyl (C=O) groups excluding carboxylic acids is 2. The van der Waals surface area contributed by atoms with E-state index in [-0.39, 0.29) is 53.4 Å². The van der Waals surface area contributed by atoms with E-state index in [9.17, 15) is 9.59 Å². The number of hydrogen-bond donors (Lipinski definition) is 0. The third-order valence-corrected chi connectivity index (χ3v) is 6.46. The lowest BCUT2D eigenvalue weighted by Crippen LogP contribution is -2.50. The van der Waals surface area contributed by atoms with Gasteiger partial charge in [0, 0.05) is 23.2 Å². The highest BCUT2D eigenvalue weighted by atomic mass is 32.2. The second-order valence-corrected chi connectivity index (χ2v) is 9.79. The van der Waals surface area contributed by atoms with Crippen molar-refractivity contribution in [3.8, 4) is 0 Å². The van der Waals surface area contributed by atoms with Gasteiger partial charge in [-0.1, -0.05) is 57.2 Å². The summed E-state index contributed by atoms with van der Waals surface area (Å²) in [5.41, 5.74) is 1.11. The zero-order chi connectivity index (χ0) is 20.2. The molecule has 0 N–H and O–H groups in total. The van der Waals surface area contributed by atoms with Crippen LogP contribution >= 0.6 is 11.8 Å². The molecule has 4 atom stereocenters. The maximum absolute atomic E-state index is 12.3. The van der Waals surface area contributed by atoms with Gasteiger partial charge in [0.2, 0.25) is 0 Å². The van der Waals surface area contributed by atoms with Gasteiger partial charge in [-0.2, -0.15) is 0 Å². The second kappa shape index (κ2) is 9.24. The van der Waals surface area contributed by atoms with Crippen LogP contribution in [0.1, 0.15) is 53.0 Å². The van der Waals surface area contributed by atoms with Crippen LogP contribution in [0.25, 0.3) is 0 Å². The average molecular weight is 393 g/mol. The first-order valence-corrected chi connectivity index (χ1v) is 10.5. The van der Waals surface area contributed by atoms with E-state index in [1.165, 1.54) is 12.5 Å². The van der Waals surface area contributed by atoms with Crippen molar-refractivity contribution in [1.29, 1.82) is 0 Å². The van der Waals surface area contributed by atoms with Crippen molar-refractivity contribution in [2.45, 2.75) is 70.8 Å². The molecule has 0 amide bonds. The Morgan fingerprint density at radius 2 is 1.81 bits per heavy atom. The van der Waals surface area contributed by atoms with Crippen molar-refractivity contribution in [2.24, 2.45) is 17.3 Å². The summed E-state index contributed by atoms with van der Waals surface area (Å²) in [5.74, 6) is -0.122. The van der Waals surface area contributed by atoms with Gasteiger partial charge in [-0.05, 0) is 31.4 Å². The van der Waals surface area contributed by atoms with Gasteiger partial charge in [0.25, 0.3) is 0 Å². The zero-order valence-corrected chi connectivity index (χ0v) is 18.1. The number of hydrogen-bond acceptors (Lipinski definition) is 5. The van der Waals surface area contributed by atoms with E-state index in [1.54, 1.807) is 11.8 Å². The summed E-state index contributed by atoms with van der Waals surface area (Å²) >= 11 is 1.68. The Kier molecular flexibility index (Phi) is 7.52. The molecule has 2 rings (SSSR count). The van der Waals surface area contributed by atoms with Gasteiger partial charge in [0.1, 0.15) is 17.3 Å². The minimum Gasteiger partial charge on any atom is -0.462 e. The zero-order valence-electron chi connectivity index (χ0n) is 17.3. The van der Waals surface area contributed by atoms with Crippen LogP contribution in [0.4, 0.5) is 0 Å². The molecule has 5 heteroatoms. The molecule has 0 saturated carbocycles. The predicted octanol–water partition coefficient (Wildman–Crippen LogP) is 5.02. The number of aryl methyl sites for hydroxylation is 1. The molecule has 1 unspecified atom stereocenters. The van der Waals surface area contributed by atoms with Crippen LogP contribution in [0, 0.1) is 24.2 Å². The number of ether oxygens (including phenoxy) is 2. The maximum atomic E-state index is 12.3. The van der Waals surface area contributed by atoms with Crippen molar-refractivity contribution in [2.75, 3.05) is 6.61 Å². The first-order chi connectivity index (χ1) is 12.6. The number of ketones is 1. The fourth-order valence-electron chi connectivity index (χ4n) is 3.28. The van der Waals surface area contributed by atoms with Crippen molar-refractivity contribution in [3.63, 3.8) is 0 Å². The largest absolute Gasteiger partial charge is 0.462 e. The van der Waals surface area contributed by atoms with E-state index in [2.05, 4.69) is 58.9 Å². The number of esters is 1. The fourth-order valence-corrected chi connectivity index (χ4v) is 4.36. The number of rotatable bonds is 6. The molecule has 1 aromatic rings. The van der Waals surface area contributed by atoms with E-state index < -0.39 is 0 Å². The third-order valence-electron chi connectivity index (χ3n) is 5.12. The molecule has 1 fully saturated rings. The lowest BCUT2D eigenvalue weighted by molar-refractivity contribution is -0.176. The number of Topliss-reactive ketones (excluding diaryl/α,β-unsaturated/α-hetero) is 1. The molecule has 4 nitrogen and oxygen atoms in total. The summed E-state index contributed by atoms with van der Waals surface area (Å²) in [6.45, 7) is 12.7. The van der Waals surface area contributed by atoms with Gasteiger partial charge in [-0.3, -0.25) is 4.79 Å². The van der Waals surface area contributed by atoms with E-state index in [0.29, 0.717) is 6.61 Å². The molecule has 0 spiro atoms. The van der Waals surface area contributed by atoms with Crippen molar-refractivity contribution < 1.29 is 19.1 Å². The normalized spacial score (nSPS) is 25.9. The Morgan fingerprint density at radius 1 is 1.19 bits per heavy atom. The Morgan fingerprint density at radius 3 is 2.37 bits per heavy atom. The lowest BCUT2D eigenvalue weighted by atomic mass is 9.73. The minimum absolute atomic E-state index is 0.00662. The predicted molar refractivity (Wildman–Crippen MR) is 109 cm³/mol. The molecular weight excluding hydrogens is 360 g/mol. The smallest absolute Gasteiger partial charge is 0.306 e. The van der Waals surface area contributed by atoms with Crippen molar-refractivity contribution in [3.05, 3.63) is 29.8 Å². The van der Waals surface area contributed by atoms with E-state index in [0.717, 1.165) is 4.90 Å². The van der Waals surface area contributed by atoms with Crippen molar-refractivity contribution >= 4 is 23.5 Å². The highest BCUT2D eigenvalue weighted by Crippen LogP contribution is 2.43. The molecule has 1 aliphatic rings. The summed E-state index contributed by atoms with van der Waals surface area (Å²) in [6, 6.07) is 8.37. The molecule has 1 aliphatic heterocycles. The third kappa shape index (κ3) is 6.35. The van der Waals surface area contributed by atoms with Gasteiger partial charge < -0.3 is 14.3 Å². The van der Waals surface area contributed by atoms with Gasteiger partial charge in [0.15, 0.2) is 0 Å². The van der Waals surface area contributed by atoms with Gasteiger partial charge in [0.05, 0.1) is 13.0 Å². The molecule has 0 bridgehead atoms. The van der Waals surface area contributed by atoms with Gasteiger partial charge in [-0.15, -0.1) is 0 Å². The van der Waals surface area contributed by atoms with Crippen LogP contribution in [0.15, 0.2) is 29.2 Å². The molecule has 0 aromatic heterocycles. The average Bonchev–Trinajstić information content (AvgIpc) is 2.57. The lowest BCUT2D eigenvalue weighted by Gasteiger charge is -2.45. The Hall–Kier alpha value is -1.33. The monoisotopic (exact) mass is 392 g/mol. The second-order valence-electron chi connectivity index (χ2n) is 8.62. The molecule has 1 saturated heterocycles. The summed E-state index contributed by atoms with van der Waals surface area (Å²) in [5, 5.41) is 0. The summed E-state index contributed by atoms with van der Waals surface area (Å²) in [4.78, 5) is 24.6. The van der Waals surface area contributed by atoms with E-state index >= 15 is 0 Å². The van der Waals surface area contributed by atoms with Crippen LogP contribution in [0.5, 0.6) is 0 Å². The molecule has 1 heterocycles. The van der Waals surface area contributed by atoms with Crippen LogP contribution in [-0.2, 0) is 19.1 Å². The van der Waals surface area contributed by atoms with Crippen LogP contribution in [-0.4, -0.2) is 29.9 Å². The van der Waals surface area contributed by atoms with Crippen molar-refractivity contribution in [1.82, 2.24) is 0 Å². The highest BCUT2D eigenvalue weighted by molar-refractivity contribution is 7.99. The van der Waals surface area contributed by atoms with Gasteiger partial charge >= 0.3 is 5.97 Å². The first-order valence-electron chi connectivity index (χ1n) is 9.62. The summed E-state index contributed by atoms with van der Waals surface area (Å²) in [6.07, 6.45) is 0.158. The van der Waals surface area contributed by atoms with Gasteiger partial charge in [-0.25, -0.2) is 0 Å². The number of benzene rings is 1. The van der Waals surface area contributed by atoms with Crippen LogP contribution in [0.2, 0.25) is 0 Å². The molecule has 150 valence electrons. The highest BCUT2D eigenvalue weighted by Gasteiger charge is 2.45. The van der Waals surface area contributed by atoms with Crippen LogP contribution in [0.3, 0.4) is 0 Å². The minimum atomic E-state index is -0.294. The number of thioether (sulfide) groups is 1. The first kappa shape index (κ1) is 22.0. The Balaban J connectivity index is 2.12. The topological polar surface area (TPSA) is 52.6 Å². The summed E-state index contributed by atoms with van der Waals surface area (Å²) in [7, 11) is 0. The molecule has 27 heavy (non-hydrogen) atoms. The molecule has 1 aromatic carbocycles. The molecular formula is C22H32O4S. The Labute approximate surface area is 167 Å². The maximum Gasteiger partial charge on any atom is 0.306 e. The number of carbonyl (C=O) groups is 2. The Bertz CT molecular complexity index is 647. The van der Waals surface area contributed by atoms with E-state index in [1.807, 2.05) is 0 Å².